The van der Waals surface area contributed by atoms with Gasteiger partial charge in [-0.2, -0.15) is 0 Å². The van der Waals surface area contributed by atoms with Crippen molar-refractivity contribution in [2.75, 3.05) is 7.11 Å². The average Bonchev–Trinajstić information content (AvgIpc) is 2.98. The molecule has 0 fully saturated rings. The van der Waals surface area contributed by atoms with Crippen LogP contribution in [0.1, 0.15) is 13.3 Å². The van der Waals surface area contributed by atoms with E-state index in [0.717, 1.165) is 34.6 Å². The van der Waals surface area contributed by atoms with Gasteiger partial charge in [0, 0.05) is 12.3 Å². The summed E-state index contributed by atoms with van der Waals surface area (Å²) in [5.41, 5.74) is 2.43. The van der Waals surface area contributed by atoms with Crippen LogP contribution in [0.2, 0.25) is 0 Å². The number of aromatic nitrogens is 3. The number of thiol groups is 1. The van der Waals surface area contributed by atoms with Gasteiger partial charge in [0.2, 0.25) is 0 Å². The fourth-order valence-corrected chi connectivity index (χ4v) is 2.25. The van der Waals surface area contributed by atoms with Crippen LogP contribution in [0.3, 0.4) is 0 Å². The van der Waals surface area contributed by atoms with Gasteiger partial charge in [0.05, 0.1) is 24.4 Å². The molecule has 2 aromatic heterocycles. The lowest BCUT2D eigenvalue weighted by Gasteiger charge is -2.15. The zero-order valence-electron chi connectivity index (χ0n) is 12.4. The Bertz CT molecular complexity index is 755. The number of imidazole rings is 1. The largest absolute Gasteiger partial charge is 0.497 e. The fraction of sp³-hybridized carbons (Fsp3) is 0.250. The molecule has 0 radical (unpaired) electrons. The summed E-state index contributed by atoms with van der Waals surface area (Å²) >= 11 is 4.41. The normalized spacial score (nSPS) is 12.3. The second-order valence-corrected chi connectivity index (χ2v) is 5.40. The fourth-order valence-electron chi connectivity index (χ4n) is 2.14. The summed E-state index contributed by atoms with van der Waals surface area (Å²) < 4.78 is 11.2. The molecule has 22 heavy (non-hydrogen) atoms. The molecule has 2 heterocycles. The molecular weight excluding hydrogens is 298 g/mol. The lowest BCUT2D eigenvalue weighted by Crippen LogP contribution is -2.08. The Morgan fingerprint density at radius 1 is 1.32 bits per heavy atom. The molecule has 0 spiro atoms. The standard InChI is InChI=1S/C16H17N3O2S/c1-3-15(22)21-14-8-10(20-2)4-5-11(14)16-18-12-6-7-17-9-13(12)19-16/h4-9,15,22H,3H2,1-2H3,(H,18,19). The third-order valence-corrected chi connectivity index (χ3v) is 3.81. The topological polar surface area (TPSA) is 60.0 Å². The van der Waals surface area contributed by atoms with E-state index in [-0.39, 0.29) is 5.44 Å². The molecule has 5 nitrogen and oxygen atoms in total. The molecule has 0 amide bonds. The van der Waals surface area contributed by atoms with Gasteiger partial charge >= 0.3 is 0 Å². The van der Waals surface area contributed by atoms with E-state index in [1.165, 1.54) is 0 Å². The molecule has 114 valence electrons. The van der Waals surface area contributed by atoms with Gasteiger partial charge in [-0.25, -0.2) is 4.98 Å². The molecule has 0 saturated carbocycles. The number of aromatic amines is 1. The molecule has 1 atom stereocenters. The van der Waals surface area contributed by atoms with Crippen molar-refractivity contribution >= 4 is 23.7 Å². The highest BCUT2D eigenvalue weighted by atomic mass is 32.1. The van der Waals surface area contributed by atoms with Gasteiger partial charge in [-0.15, -0.1) is 12.6 Å². The summed E-state index contributed by atoms with van der Waals surface area (Å²) in [5.74, 6) is 2.15. The Hall–Kier alpha value is -2.21. The summed E-state index contributed by atoms with van der Waals surface area (Å²) in [6.07, 6.45) is 4.26. The van der Waals surface area contributed by atoms with E-state index in [1.54, 1.807) is 19.5 Å². The number of nitrogens with zero attached hydrogens (tertiary/aromatic N) is 2. The molecule has 1 aromatic carbocycles. The van der Waals surface area contributed by atoms with Crippen LogP contribution < -0.4 is 9.47 Å². The molecule has 0 aliphatic carbocycles. The number of H-pyrrole nitrogens is 1. The van der Waals surface area contributed by atoms with Crippen LogP contribution in [-0.2, 0) is 0 Å². The van der Waals surface area contributed by atoms with E-state index in [2.05, 4.69) is 27.6 Å². The van der Waals surface area contributed by atoms with Crippen molar-refractivity contribution in [3.63, 3.8) is 0 Å². The van der Waals surface area contributed by atoms with Crippen LogP contribution in [0.5, 0.6) is 11.5 Å². The first-order chi connectivity index (χ1) is 10.7. The van der Waals surface area contributed by atoms with Crippen molar-refractivity contribution < 1.29 is 9.47 Å². The molecule has 0 aliphatic rings. The maximum Gasteiger partial charge on any atom is 0.142 e. The molecule has 1 N–H and O–H groups in total. The predicted molar refractivity (Wildman–Crippen MR) is 89.6 cm³/mol. The highest BCUT2D eigenvalue weighted by molar-refractivity contribution is 7.80. The second kappa shape index (κ2) is 6.27. The Morgan fingerprint density at radius 3 is 2.91 bits per heavy atom. The van der Waals surface area contributed by atoms with Crippen LogP contribution in [-0.4, -0.2) is 27.5 Å². The second-order valence-electron chi connectivity index (χ2n) is 4.82. The summed E-state index contributed by atoms with van der Waals surface area (Å²) in [6.45, 7) is 2.02. The highest BCUT2D eigenvalue weighted by Gasteiger charge is 2.14. The number of hydrogen-bond acceptors (Lipinski definition) is 5. The van der Waals surface area contributed by atoms with Gasteiger partial charge in [-0.05, 0) is 24.6 Å². The van der Waals surface area contributed by atoms with Crippen molar-refractivity contribution in [3.8, 4) is 22.9 Å². The summed E-state index contributed by atoms with van der Waals surface area (Å²) in [5, 5.41) is 0. The van der Waals surface area contributed by atoms with Crippen LogP contribution in [0.15, 0.2) is 36.7 Å². The minimum absolute atomic E-state index is 0.183. The van der Waals surface area contributed by atoms with Gasteiger partial charge in [-0.1, -0.05) is 6.92 Å². The highest BCUT2D eigenvalue weighted by Crippen LogP contribution is 2.34. The SMILES string of the molecule is CCC(S)Oc1cc(OC)ccc1-c1nc2cnccc2[nH]1. The van der Waals surface area contributed by atoms with Gasteiger partial charge in [-0.3, -0.25) is 4.98 Å². The van der Waals surface area contributed by atoms with E-state index in [0.29, 0.717) is 5.75 Å². The van der Waals surface area contributed by atoms with Gasteiger partial charge in [0.1, 0.15) is 28.3 Å². The number of hydrogen-bond donors (Lipinski definition) is 2. The summed E-state index contributed by atoms with van der Waals surface area (Å²) in [6, 6.07) is 7.55. The molecule has 3 rings (SSSR count). The minimum Gasteiger partial charge on any atom is -0.497 e. The van der Waals surface area contributed by atoms with Crippen LogP contribution in [0, 0.1) is 0 Å². The first-order valence-corrected chi connectivity index (χ1v) is 7.55. The average molecular weight is 315 g/mol. The Balaban J connectivity index is 2.07. The number of fused-ring (bicyclic) bond motifs is 1. The zero-order valence-corrected chi connectivity index (χ0v) is 13.3. The number of benzene rings is 1. The number of pyridine rings is 1. The predicted octanol–water partition coefficient (Wildman–Crippen LogP) is 3.68. The maximum absolute atomic E-state index is 5.90. The van der Waals surface area contributed by atoms with Crippen LogP contribution in [0.4, 0.5) is 0 Å². The van der Waals surface area contributed by atoms with E-state index < -0.39 is 0 Å². The van der Waals surface area contributed by atoms with Crippen molar-refractivity contribution in [2.45, 2.75) is 18.8 Å². The first-order valence-electron chi connectivity index (χ1n) is 7.04. The Morgan fingerprint density at radius 2 is 2.18 bits per heavy atom. The van der Waals surface area contributed by atoms with E-state index in [4.69, 9.17) is 9.47 Å². The Kier molecular flexibility index (Phi) is 4.20. The molecule has 1 unspecified atom stereocenters. The van der Waals surface area contributed by atoms with Gasteiger partial charge in [0.25, 0.3) is 0 Å². The maximum atomic E-state index is 5.90. The summed E-state index contributed by atoms with van der Waals surface area (Å²) in [7, 11) is 1.63. The van der Waals surface area contributed by atoms with E-state index in [9.17, 15) is 0 Å². The number of methoxy groups -OCH3 is 1. The van der Waals surface area contributed by atoms with Crippen LogP contribution >= 0.6 is 12.6 Å². The molecule has 3 aromatic rings. The molecule has 6 heteroatoms. The lowest BCUT2D eigenvalue weighted by atomic mass is 10.2. The monoisotopic (exact) mass is 315 g/mol. The van der Waals surface area contributed by atoms with Crippen molar-refractivity contribution in [3.05, 3.63) is 36.7 Å². The smallest absolute Gasteiger partial charge is 0.142 e. The summed E-state index contributed by atoms with van der Waals surface area (Å²) in [4.78, 5) is 11.9. The molecule has 0 aliphatic heterocycles. The third-order valence-electron chi connectivity index (χ3n) is 3.34. The van der Waals surface area contributed by atoms with Gasteiger partial charge < -0.3 is 14.5 Å². The quantitative estimate of drug-likeness (QED) is 0.557. The molecular formula is C16H17N3O2S. The van der Waals surface area contributed by atoms with E-state index >= 15 is 0 Å². The number of rotatable bonds is 5. The Labute approximate surface area is 134 Å². The number of nitrogens with one attached hydrogen (secondary N) is 1. The lowest BCUT2D eigenvalue weighted by molar-refractivity contribution is 0.285. The first kappa shape index (κ1) is 14.7. The third kappa shape index (κ3) is 2.87. The zero-order chi connectivity index (χ0) is 15.5. The minimum atomic E-state index is -0.183. The molecule has 0 bridgehead atoms. The van der Waals surface area contributed by atoms with Crippen LogP contribution in [0.25, 0.3) is 22.4 Å². The van der Waals surface area contributed by atoms with Crippen molar-refractivity contribution in [1.82, 2.24) is 15.0 Å². The molecule has 0 saturated heterocycles. The van der Waals surface area contributed by atoms with Gasteiger partial charge in [0.15, 0.2) is 0 Å². The van der Waals surface area contributed by atoms with E-state index in [1.807, 2.05) is 31.2 Å². The number of ether oxygens (including phenoxy) is 2. The van der Waals surface area contributed by atoms with Crippen molar-refractivity contribution in [1.29, 1.82) is 0 Å². The van der Waals surface area contributed by atoms with Crippen molar-refractivity contribution in [2.24, 2.45) is 0 Å².